The van der Waals surface area contributed by atoms with Crippen LogP contribution in [0.25, 0.3) is 10.4 Å². The summed E-state index contributed by atoms with van der Waals surface area (Å²) in [5.41, 5.74) is 1.15. The minimum Gasteiger partial charge on any atom is -0.496 e. The number of alkyl halides is 1. The number of rotatable bonds is 4. The SMILES string of the molecule is COc1ccccc1-c1ccc(CCCl)s1. The molecule has 0 fully saturated rings. The molecule has 0 atom stereocenters. The Labute approximate surface area is 105 Å². The van der Waals surface area contributed by atoms with Gasteiger partial charge in [-0.1, -0.05) is 12.1 Å². The smallest absolute Gasteiger partial charge is 0.127 e. The minimum atomic E-state index is 0.672. The highest BCUT2D eigenvalue weighted by molar-refractivity contribution is 7.15. The molecule has 0 bridgehead atoms. The molecule has 1 nitrogen and oxygen atoms in total. The van der Waals surface area contributed by atoms with E-state index in [2.05, 4.69) is 18.2 Å². The number of thiophene rings is 1. The lowest BCUT2D eigenvalue weighted by atomic mass is 10.1. The Hall–Kier alpha value is -0.990. The number of hydrogen-bond donors (Lipinski definition) is 0. The number of halogens is 1. The van der Waals surface area contributed by atoms with E-state index < -0.39 is 0 Å². The molecule has 0 N–H and O–H groups in total. The van der Waals surface area contributed by atoms with Crippen LogP contribution in [-0.2, 0) is 6.42 Å². The zero-order chi connectivity index (χ0) is 11.4. The second-order valence-corrected chi connectivity index (χ2v) is 4.95. The predicted octanol–water partition coefficient (Wildman–Crippen LogP) is 4.21. The third-order valence-corrected chi connectivity index (χ3v) is 3.74. The molecule has 2 aromatic rings. The summed E-state index contributed by atoms with van der Waals surface area (Å²) in [5, 5.41) is 0. The Morgan fingerprint density at radius 3 is 2.75 bits per heavy atom. The van der Waals surface area contributed by atoms with Crippen molar-refractivity contribution >= 4 is 22.9 Å². The number of aryl methyl sites for hydroxylation is 1. The zero-order valence-electron chi connectivity index (χ0n) is 9.07. The van der Waals surface area contributed by atoms with Crippen molar-refractivity contribution in [2.75, 3.05) is 13.0 Å². The number of ether oxygens (including phenoxy) is 1. The first-order valence-corrected chi connectivity index (χ1v) is 6.48. The summed E-state index contributed by atoms with van der Waals surface area (Å²) in [5.74, 6) is 1.59. The maximum atomic E-state index is 5.73. The Balaban J connectivity index is 2.34. The van der Waals surface area contributed by atoms with Crippen molar-refractivity contribution in [3.05, 3.63) is 41.3 Å². The van der Waals surface area contributed by atoms with Gasteiger partial charge < -0.3 is 4.74 Å². The molecule has 0 radical (unpaired) electrons. The van der Waals surface area contributed by atoms with Crippen molar-refractivity contribution in [2.45, 2.75) is 6.42 Å². The summed E-state index contributed by atoms with van der Waals surface area (Å²) in [7, 11) is 1.70. The average molecular weight is 253 g/mol. The topological polar surface area (TPSA) is 9.23 Å². The molecule has 1 heterocycles. The molecule has 84 valence electrons. The van der Waals surface area contributed by atoms with Crippen LogP contribution in [0.3, 0.4) is 0 Å². The fourth-order valence-electron chi connectivity index (χ4n) is 1.60. The van der Waals surface area contributed by atoms with Gasteiger partial charge in [0.15, 0.2) is 0 Å². The van der Waals surface area contributed by atoms with Gasteiger partial charge in [-0.3, -0.25) is 0 Å². The first kappa shape index (κ1) is 11.5. The Morgan fingerprint density at radius 1 is 1.19 bits per heavy atom. The van der Waals surface area contributed by atoms with Crippen molar-refractivity contribution < 1.29 is 4.74 Å². The van der Waals surface area contributed by atoms with Gasteiger partial charge in [-0.25, -0.2) is 0 Å². The molecule has 0 saturated carbocycles. The van der Waals surface area contributed by atoms with E-state index in [1.54, 1.807) is 18.4 Å². The molecule has 0 aliphatic heterocycles. The van der Waals surface area contributed by atoms with Crippen LogP contribution in [0.2, 0.25) is 0 Å². The Bertz CT molecular complexity index is 464. The van der Waals surface area contributed by atoms with Crippen LogP contribution in [0.4, 0.5) is 0 Å². The molecular formula is C13H13ClOS. The van der Waals surface area contributed by atoms with Crippen LogP contribution < -0.4 is 4.74 Å². The highest BCUT2D eigenvalue weighted by Crippen LogP contribution is 2.34. The second-order valence-electron chi connectivity index (χ2n) is 3.41. The summed E-state index contributed by atoms with van der Waals surface area (Å²) in [6.45, 7) is 0. The number of methoxy groups -OCH3 is 1. The van der Waals surface area contributed by atoms with Crippen LogP contribution in [0.1, 0.15) is 4.88 Å². The van der Waals surface area contributed by atoms with Crippen molar-refractivity contribution in [3.8, 4) is 16.2 Å². The van der Waals surface area contributed by atoms with Gasteiger partial charge in [0.1, 0.15) is 5.75 Å². The van der Waals surface area contributed by atoms with E-state index in [4.69, 9.17) is 16.3 Å². The summed E-state index contributed by atoms with van der Waals surface area (Å²) < 4.78 is 5.35. The quantitative estimate of drug-likeness (QED) is 0.741. The van der Waals surface area contributed by atoms with E-state index in [0.29, 0.717) is 5.88 Å². The van der Waals surface area contributed by atoms with E-state index in [-0.39, 0.29) is 0 Å². The van der Waals surface area contributed by atoms with Crippen molar-refractivity contribution in [1.29, 1.82) is 0 Å². The monoisotopic (exact) mass is 252 g/mol. The van der Waals surface area contributed by atoms with Crippen LogP contribution in [0.5, 0.6) is 5.75 Å². The third kappa shape index (κ3) is 2.39. The fourth-order valence-corrected chi connectivity index (χ4v) is 2.95. The van der Waals surface area contributed by atoms with Gasteiger partial charge in [0.25, 0.3) is 0 Å². The van der Waals surface area contributed by atoms with Gasteiger partial charge in [-0.05, 0) is 30.7 Å². The second kappa shape index (κ2) is 5.37. The van der Waals surface area contributed by atoms with Gasteiger partial charge in [-0.15, -0.1) is 22.9 Å². The lowest BCUT2D eigenvalue weighted by molar-refractivity contribution is 0.416. The summed E-state index contributed by atoms with van der Waals surface area (Å²) >= 11 is 7.51. The molecular weight excluding hydrogens is 240 g/mol. The fraction of sp³-hybridized carbons (Fsp3) is 0.231. The van der Waals surface area contributed by atoms with E-state index in [1.807, 2.05) is 18.2 Å². The van der Waals surface area contributed by atoms with Crippen LogP contribution in [-0.4, -0.2) is 13.0 Å². The van der Waals surface area contributed by atoms with Crippen molar-refractivity contribution in [1.82, 2.24) is 0 Å². The Kier molecular flexibility index (Phi) is 3.86. The molecule has 16 heavy (non-hydrogen) atoms. The molecule has 2 rings (SSSR count). The van der Waals surface area contributed by atoms with E-state index in [1.165, 1.54) is 9.75 Å². The van der Waals surface area contributed by atoms with Crippen LogP contribution in [0.15, 0.2) is 36.4 Å². The molecule has 0 saturated heterocycles. The van der Waals surface area contributed by atoms with Crippen molar-refractivity contribution in [2.24, 2.45) is 0 Å². The van der Waals surface area contributed by atoms with Gasteiger partial charge in [0.05, 0.1) is 7.11 Å². The predicted molar refractivity (Wildman–Crippen MR) is 70.7 cm³/mol. The maximum absolute atomic E-state index is 5.73. The standard InChI is InChI=1S/C13H13ClOS/c1-15-12-5-3-2-4-11(12)13-7-6-10(16-13)8-9-14/h2-7H,8-9H2,1H3. The third-order valence-electron chi connectivity index (χ3n) is 2.37. The normalized spacial score (nSPS) is 10.4. The summed E-state index contributed by atoms with van der Waals surface area (Å²) in [6, 6.07) is 12.3. The molecule has 1 aromatic heterocycles. The highest BCUT2D eigenvalue weighted by atomic mass is 35.5. The summed E-state index contributed by atoms with van der Waals surface area (Å²) in [4.78, 5) is 2.55. The lowest BCUT2D eigenvalue weighted by Gasteiger charge is -2.05. The minimum absolute atomic E-state index is 0.672. The molecule has 0 unspecified atom stereocenters. The number of para-hydroxylation sites is 1. The molecule has 1 aromatic carbocycles. The largest absolute Gasteiger partial charge is 0.496 e. The van der Waals surface area contributed by atoms with E-state index >= 15 is 0 Å². The summed E-state index contributed by atoms with van der Waals surface area (Å²) in [6.07, 6.45) is 0.932. The van der Waals surface area contributed by atoms with Crippen molar-refractivity contribution in [3.63, 3.8) is 0 Å². The average Bonchev–Trinajstić information content (AvgIpc) is 2.78. The Morgan fingerprint density at radius 2 is 2.00 bits per heavy atom. The zero-order valence-corrected chi connectivity index (χ0v) is 10.6. The maximum Gasteiger partial charge on any atom is 0.127 e. The highest BCUT2D eigenvalue weighted by Gasteiger charge is 2.07. The molecule has 0 amide bonds. The van der Waals surface area contributed by atoms with Gasteiger partial charge >= 0.3 is 0 Å². The first-order chi connectivity index (χ1) is 7.85. The van der Waals surface area contributed by atoms with Crippen LogP contribution in [0, 0.1) is 0 Å². The van der Waals surface area contributed by atoms with E-state index in [9.17, 15) is 0 Å². The number of hydrogen-bond acceptors (Lipinski definition) is 2. The molecule has 0 aliphatic carbocycles. The number of benzene rings is 1. The van der Waals surface area contributed by atoms with Crippen LogP contribution >= 0.6 is 22.9 Å². The van der Waals surface area contributed by atoms with Gasteiger partial charge in [0.2, 0.25) is 0 Å². The molecule has 0 spiro atoms. The lowest BCUT2D eigenvalue weighted by Crippen LogP contribution is -1.84. The van der Waals surface area contributed by atoms with Gasteiger partial charge in [-0.2, -0.15) is 0 Å². The van der Waals surface area contributed by atoms with Gasteiger partial charge in [0, 0.05) is 21.2 Å². The molecule has 0 aliphatic rings. The first-order valence-electron chi connectivity index (χ1n) is 5.13. The molecule has 3 heteroatoms. The van der Waals surface area contributed by atoms with E-state index in [0.717, 1.165) is 17.7 Å².